The van der Waals surface area contributed by atoms with Crippen LogP contribution in [0.5, 0.6) is 11.5 Å². The summed E-state index contributed by atoms with van der Waals surface area (Å²) in [4.78, 5) is 17.9. The summed E-state index contributed by atoms with van der Waals surface area (Å²) >= 11 is 0. The normalized spacial score (nSPS) is 16.4. The second-order valence-corrected chi connectivity index (χ2v) is 10.7. The lowest BCUT2D eigenvalue weighted by molar-refractivity contribution is 0.122. The van der Waals surface area contributed by atoms with Gasteiger partial charge in [0.25, 0.3) is 0 Å². The number of nitrogens with zero attached hydrogens (tertiary/aromatic N) is 5. The number of fused-ring (bicyclic) bond motifs is 1. The molecule has 220 valence electrons. The van der Waals surface area contributed by atoms with Crippen molar-refractivity contribution in [2.45, 2.75) is 25.5 Å². The van der Waals surface area contributed by atoms with E-state index < -0.39 is 5.82 Å². The number of anilines is 4. The molecule has 0 radical (unpaired) electrons. The van der Waals surface area contributed by atoms with E-state index in [0.717, 1.165) is 74.7 Å². The van der Waals surface area contributed by atoms with E-state index in [9.17, 15) is 0 Å². The van der Waals surface area contributed by atoms with Crippen LogP contribution in [-0.2, 0) is 11.3 Å². The van der Waals surface area contributed by atoms with Crippen molar-refractivity contribution in [2.24, 2.45) is 0 Å². The largest absolute Gasteiger partial charge is 0.495 e. The van der Waals surface area contributed by atoms with Gasteiger partial charge in [-0.15, -0.1) is 0 Å². The Morgan fingerprint density at radius 2 is 1.81 bits per heavy atom. The predicted molar refractivity (Wildman–Crippen MR) is 162 cm³/mol. The number of ether oxygens (including phenoxy) is 3. The Hall–Kier alpha value is -4.22. The molecule has 0 saturated carbocycles. The van der Waals surface area contributed by atoms with Gasteiger partial charge in [0.2, 0.25) is 0 Å². The minimum Gasteiger partial charge on any atom is -0.495 e. The third kappa shape index (κ3) is 6.47. The van der Waals surface area contributed by atoms with Crippen LogP contribution in [-0.4, -0.2) is 79.4 Å². The first kappa shape index (κ1) is 27.9. The molecule has 2 aromatic heterocycles. The second kappa shape index (κ2) is 12.7. The molecule has 4 aromatic rings. The number of methoxy groups -OCH3 is 1. The Balaban J connectivity index is 1.14. The molecule has 0 amide bonds. The number of halogens is 1. The number of pyridine rings is 1. The summed E-state index contributed by atoms with van der Waals surface area (Å²) < 4.78 is 32.1. The molecule has 2 aromatic carbocycles. The van der Waals surface area contributed by atoms with E-state index >= 15 is 4.39 Å². The molecule has 4 heterocycles. The lowest BCUT2D eigenvalue weighted by Crippen LogP contribution is -2.36. The van der Waals surface area contributed by atoms with Crippen molar-refractivity contribution < 1.29 is 18.6 Å². The minimum absolute atomic E-state index is 0.237. The number of nitrogens with one attached hydrogen (secondary N) is 2. The maximum absolute atomic E-state index is 15.2. The molecule has 0 unspecified atom stereocenters. The highest BCUT2D eigenvalue weighted by atomic mass is 19.1. The SMILES string of the molecule is COc1cc2ncnc(Nc3ccc(OCc4ccc(N5CCOCC5)cn4)cc3F)c2cc1NC1CCN(C)CC1. The number of hydrogen-bond donors (Lipinski definition) is 2. The fraction of sp³-hybridized carbons (Fsp3) is 0.387. The zero-order valence-electron chi connectivity index (χ0n) is 24.0. The zero-order valence-corrected chi connectivity index (χ0v) is 24.0. The van der Waals surface area contributed by atoms with Gasteiger partial charge in [-0.05, 0) is 63.3 Å². The first-order chi connectivity index (χ1) is 20.6. The Labute approximate surface area is 244 Å². The van der Waals surface area contributed by atoms with Gasteiger partial charge in [0.05, 0.1) is 54.8 Å². The summed E-state index contributed by atoms with van der Waals surface area (Å²) in [5.41, 5.74) is 3.68. The van der Waals surface area contributed by atoms with Crippen LogP contribution in [0, 0.1) is 5.82 Å². The minimum atomic E-state index is -0.451. The molecule has 0 spiro atoms. The number of morpholine rings is 1. The van der Waals surface area contributed by atoms with Crippen molar-refractivity contribution in [1.29, 1.82) is 0 Å². The number of rotatable bonds is 9. The number of likely N-dealkylation sites (tertiary alicyclic amines) is 1. The topological polar surface area (TPSA) is 96.9 Å². The van der Waals surface area contributed by atoms with Crippen molar-refractivity contribution in [3.05, 3.63) is 66.5 Å². The van der Waals surface area contributed by atoms with Gasteiger partial charge in [0, 0.05) is 36.7 Å². The third-order valence-electron chi connectivity index (χ3n) is 7.80. The number of piperidine rings is 1. The summed E-state index contributed by atoms with van der Waals surface area (Å²) in [6.45, 7) is 5.47. The van der Waals surface area contributed by atoms with Crippen LogP contribution in [0.3, 0.4) is 0 Å². The average molecular weight is 574 g/mol. The van der Waals surface area contributed by atoms with Gasteiger partial charge in [-0.25, -0.2) is 14.4 Å². The number of aromatic nitrogens is 3. The highest BCUT2D eigenvalue weighted by Crippen LogP contribution is 2.35. The monoisotopic (exact) mass is 573 g/mol. The fourth-order valence-corrected chi connectivity index (χ4v) is 5.32. The molecule has 2 fully saturated rings. The van der Waals surface area contributed by atoms with Gasteiger partial charge in [-0.2, -0.15) is 0 Å². The van der Waals surface area contributed by atoms with Crippen molar-refractivity contribution in [2.75, 3.05) is 69.1 Å². The Morgan fingerprint density at radius 3 is 2.55 bits per heavy atom. The van der Waals surface area contributed by atoms with Gasteiger partial charge in [-0.1, -0.05) is 0 Å². The molecule has 42 heavy (non-hydrogen) atoms. The van der Waals surface area contributed by atoms with E-state index in [1.54, 1.807) is 19.2 Å². The van der Waals surface area contributed by atoms with E-state index in [-0.39, 0.29) is 12.3 Å². The van der Waals surface area contributed by atoms with Crippen molar-refractivity contribution in [3.63, 3.8) is 0 Å². The van der Waals surface area contributed by atoms with Crippen LogP contribution in [0.4, 0.5) is 27.3 Å². The van der Waals surface area contributed by atoms with Gasteiger partial charge in [0.1, 0.15) is 36.1 Å². The lowest BCUT2D eigenvalue weighted by atomic mass is 10.0. The molecule has 2 saturated heterocycles. The van der Waals surface area contributed by atoms with E-state index in [1.165, 1.54) is 12.4 Å². The Bertz CT molecular complexity index is 1510. The summed E-state index contributed by atoms with van der Waals surface area (Å²) in [5, 5.41) is 7.54. The first-order valence-corrected chi connectivity index (χ1v) is 14.3. The third-order valence-corrected chi connectivity index (χ3v) is 7.80. The number of benzene rings is 2. The van der Waals surface area contributed by atoms with E-state index in [4.69, 9.17) is 14.2 Å². The molecular formula is C31H36FN7O3. The molecule has 0 atom stereocenters. The van der Waals surface area contributed by atoms with Gasteiger partial charge in [-0.3, -0.25) is 4.98 Å². The molecular weight excluding hydrogens is 537 g/mol. The highest BCUT2D eigenvalue weighted by Gasteiger charge is 2.19. The van der Waals surface area contributed by atoms with E-state index in [0.29, 0.717) is 28.9 Å². The lowest BCUT2D eigenvalue weighted by Gasteiger charge is -2.30. The van der Waals surface area contributed by atoms with Gasteiger partial charge in [0.15, 0.2) is 0 Å². The van der Waals surface area contributed by atoms with Crippen LogP contribution >= 0.6 is 0 Å². The predicted octanol–water partition coefficient (Wildman–Crippen LogP) is 4.84. The van der Waals surface area contributed by atoms with Crippen molar-refractivity contribution in [3.8, 4) is 11.5 Å². The molecule has 10 nitrogen and oxygen atoms in total. The molecule has 11 heteroatoms. The molecule has 2 aliphatic rings. The Kier molecular flexibility index (Phi) is 8.47. The van der Waals surface area contributed by atoms with Crippen LogP contribution in [0.2, 0.25) is 0 Å². The average Bonchev–Trinajstić information content (AvgIpc) is 3.03. The van der Waals surface area contributed by atoms with E-state index in [2.05, 4.69) is 42.4 Å². The molecule has 2 aliphatic heterocycles. The first-order valence-electron chi connectivity index (χ1n) is 14.3. The molecule has 2 N–H and O–H groups in total. The quantitative estimate of drug-likeness (QED) is 0.290. The number of hydrogen-bond acceptors (Lipinski definition) is 10. The molecule has 6 rings (SSSR count). The summed E-state index contributed by atoms with van der Waals surface area (Å²) in [6, 6.07) is 12.9. The van der Waals surface area contributed by atoms with Crippen LogP contribution in [0.15, 0.2) is 55.0 Å². The smallest absolute Gasteiger partial charge is 0.150 e. The van der Waals surface area contributed by atoms with Crippen molar-refractivity contribution in [1.82, 2.24) is 19.9 Å². The standard InChI is InChI=1S/C31H36FN7O3/c1-38-9-7-21(8-10-38)36-29-16-25-28(17-30(29)40-2)34-20-35-31(25)37-27-6-5-24(15-26(27)32)42-19-22-3-4-23(18-33-22)39-11-13-41-14-12-39/h3-6,15-18,20-21,36H,7-14,19H2,1-2H3,(H,34,35,37). The van der Waals surface area contributed by atoms with Gasteiger partial charge >= 0.3 is 0 Å². The highest BCUT2D eigenvalue weighted by molar-refractivity contribution is 5.95. The van der Waals surface area contributed by atoms with Crippen molar-refractivity contribution >= 4 is 33.8 Å². The van der Waals surface area contributed by atoms with Crippen LogP contribution in [0.1, 0.15) is 18.5 Å². The molecule has 0 bridgehead atoms. The Morgan fingerprint density at radius 1 is 0.976 bits per heavy atom. The summed E-state index contributed by atoms with van der Waals surface area (Å²) in [5.74, 6) is 1.18. The van der Waals surface area contributed by atoms with Crippen LogP contribution < -0.4 is 25.0 Å². The fourth-order valence-electron chi connectivity index (χ4n) is 5.32. The maximum atomic E-state index is 15.2. The van der Waals surface area contributed by atoms with E-state index in [1.807, 2.05) is 30.5 Å². The summed E-state index contributed by atoms with van der Waals surface area (Å²) in [6.07, 6.45) is 5.39. The second-order valence-electron chi connectivity index (χ2n) is 10.7. The van der Waals surface area contributed by atoms with Gasteiger partial charge < -0.3 is 34.6 Å². The maximum Gasteiger partial charge on any atom is 0.150 e. The molecule has 0 aliphatic carbocycles. The summed E-state index contributed by atoms with van der Waals surface area (Å²) in [7, 11) is 3.79. The van der Waals surface area contributed by atoms with Crippen LogP contribution in [0.25, 0.3) is 10.9 Å². The zero-order chi connectivity index (χ0) is 28.9.